The fraction of sp³-hybridized carbons (Fsp3) is 0.647. The first-order valence-corrected chi connectivity index (χ1v) is 20.5. The van der Waals surface area contributed by atoms with Crippen LogP contribution in [0.5, 0.6) is 17.2 Å². The smallest absolute Gasteiger partial charge is 0.123 e. The Bertz CT molecular complexity index is 1560. The van der Waals surface area contributed by atoms with E-state index in [0.29, 0.717) is 17.2 Å². The standard InChI is InChI=1S/C51H78O3/c1-43(2,3)34-22-31(23-35(40(34)52)44(4,5)6)49(19)28-50(20,32-24-36(45(7,8)9)41(53)37(25-32)46(10,11)12)30-51(21,29-49)33-26-38(47(13,14)15)42(54)39(27-33)48(16,17)18/h22-27,52-54H,28-30H2,1-21H3. The number of phenols is 3. The van der Waals surface area contributed by atoms with Crippen LogP contribution in [0.4, 0.5) is 0 Å². The molecule has 0 aromatic heterocycles. The van der Waals surface area contributed by atoms with Crippen LogP contribution < -0.4 is 0 Å². The minimum absolute atomic E-state index is 0.252. The van der Waals surface area contributed by atoms with Crippen molar-refractivity contribution in [1.82, 2.24) is 0 Å². The van der Waals surface area contributed by atoms with Crippen molar-refractivity contribution < 1.29 is 15.3 Å². The van der Waals surface area contributed by atoms with E-state index in [1.165, 1.54) is 16.7 Å². The fourth-order valence-electron chi connectivity index (χ4n) is 9.76. The Kier molecular flexibility index (Phi) is 10.6. The average molecular weight is 739 g/mol. The summed E-state index contributed by atoms with van der Waals surface area (Å²) in [4.78, 5) is 0. The van der Waals surface area contributed by atoms with Gasteiger partial charge in [-0.2, -0.15) is 0 Å². The second kappa shape index (κ2) is 13.1. The van der Waals surface area contributed by atoms with Crippen molar-refractivity contribution >= 4 is 0 Å². The lowest BCUT2D eigenvalue weighted by Gasteiger charge is -2.55. The zero-order valence-corrected chi connectivity index (χ0v) is 38.4. The van der Waals surface area contributed by atoms with E-state index in [1.807, 2.05) is 0 Å². The Morgan fingerprint density at radius 1 is 0.315 bits per heavy atom. The first-order valence-electron chi connectivity index (χ1n) is 20.5. The predicted octanol–water partition coefficient (Wildman–Crippen LogP) is 13.9. The summed E-state index contributed by atoms with van der Waals surface area (Å²) in [6.07, 6.45) is 2.71. The molecular formula is C51H78O3. The predicted molar refractivity (Wildman–Crippen MR) is 232 cm³/mol. The largest absolute Gasteiger partial charge is 0.507 e. The molecule has 3 heteroatoms. The topological polar surface area (TPSA) is 60.7 Å². The average Bonchev–Trinajstić information content (AvgIpc) is 2.92. The van der Waals surface area contributed by atoms with Crippen molar-refractivity contribution in [2.45, 2.75) is 213 Å². The Hall–Kier alpha value is -2.94. The van der Waals surface area contributed by atoms with Crippen LogP contribution in [0.3, 0.4) is 0 Å². The maximum Gasteiger partial charge on any atom is 0.123 e. The van der Waals surface area contributed by atoms with Crippen LogP contribution in [0.2, 0.25) is 0 Å². The lowest BCUT2D eigenvalue weighted by molar-refractivity contribution is 0.130. The molecule has 1 fully saturated rings. The van der Waals surface area contributed by atoms with Gasteiger partial charge in [0.25, 0.3) is 0 Å². The van der Waals surface area contributed by atoms with Gasteiger partial charge in [-0.3, -0.25) is 0 Å². The summed E-state index contributed by atoms with van der Waals surface area (Å²) in [5.74, 6) is 1.24. The number of benzene rings is 3. The maximum atomic E-state index is 11.9. The zero-order valence-electron chi connectivity index (χ0n) is 38.4. The van der Waals surface area contributed by atoms with Crippen LogP contribution in [0, 0.1) is 0 Å². The number of hydrogen-bond donors (Lipinski definition) is 3. The van der Waals surface area contributed by atoms with Gasteiger partial charge in [-0.05, 0) is 118 Å². The Balaban J connectivity index is 2.20. The lowest BCUT2D eigenvalue weighted by Crippen LogP contribution is -2.49. The summed E-state index contributed by atoms with van der Waals surface area (Å²) in [6, 6.07) is 13.9. The van der Waals surface area contributed by atoms with Crippen molar-refractivity contribution in [2.24, 2.45) is 0 Å². The van der Waals surface area contributed by atoms with Crippen molar-refractivity contribution in [2.75, 3.05) is 0 Å². The summed E-state index contributed by atoms with van der Waals surface area (Å²) >= 11 is 0. The second-order valence-corrected chi connectivity index (χ2v) is 24.5. The Labute approximate surface area is 331 Å². The molecule has 1 aliphatic rings. The van der Waals surface area contributed by atoms with Gasteiger partial charge in [-0.1, -0.05) is 182 Å². The quantitative estimate of drug-likeness (QED) is 0.251. The van der Waals surface area contributed by atoms with Crippen LogP contribution in [0.1, 0.15) is 215 Å². The first kappa shape index (κ1) is 43.8. The van der Waals surface area contributed by atoms with Crippen LogP contribution in [0.15, 0.2) is 36.4 Å². The van der Waals surface area contributed by atoms with Crippen molar-refractivity contribution in [1.29, 1.82) is 0 Å². The molecule has 0 unspecified atom stereocenters. The Morgan fingerprint density at radius 2 is 0.444 bits per heavy atom. The van der Waals surface area contributed by atoms with Gasteiger partial charge in [-0.25, -0.2) is 0 Å². The highest BCUT2D eigenvalue weighted by molar-refractivity contribution is 5.56. The normalized spacial score (nSPS) is 23.5. The van der Waals surface area contributed by atoms with Gasteiger partial charge in [0, 0.05) is 0 Å². The molecule has 1 saturated carbocycles. The summed E-state index contributed by atoms with van der Waals surface area (Å²) in [7, 11) is 0. The van der Waals surface area contributed by atoms with Crippen molar-refractivity contribution in [3.05, 3.63) is 86.5 Å². The van der Waals surface area contributed by atoms with Gasteiger partial charge in [-0.15, -0.1) is 0 Å². The molecule has 4 rings (SSSR count). The van der Waals surface area contributed by atoms with E-state index in [9.17, 15) is 15.3 Å². The van der Waals surface area contributed by atoms with E-state index in [2.05, 4.69) is 182 Å². The summed E-state index contributed by atoms with van der Waals surface area (Å²) in [5, 5.41) is 35.6. The monoisotopic (exact) mass is 739 g/mol. The molecular weight excluding hydrogens is 661 g/mol. The van der Waals surface area contributed by atoms with Gasteiger partial charge in [0.1, 0.15) is 17.2 Å². The molecule has 0 aliphatic heterocycles. The minimum Gasteiger partial charge on any atom is -0.507 e. The summed E-state index contributed by atoms with van der Waals surface area (Å²) in [5.41, 5.74) is 7.35. The van der Waals surface area contributed by atoms with Crippen molar-refractivity contribution in [3.63, 3.8) is 0 Å². The van der Waals surface area contributed by atoms with Gasteiger partial charge in [0.05, 0.1) is 0 Å². The number of hydrogen-bond acceptors (Lipinski definition) is 3. The third-order valence-corrected chi connectivity index (χ3v) is 12.6. The molecule has 0 amide bonds. The van der Waals surface area contributed by atoms with E-state index in [4.69, 9.17) is 0 Å². The van der Waals surface area contributed by atoms with Crippen LogP contribution in [0.25, 0.3) is 0 Å². The van der Waals surface area contributed by atoms with E-state index >= 15 is 0 Å². The van der Waals surface area contributed by atoms with E-state index in [-0.39, 0.29) is 48.7 Å². The highest BCUT2D eigenvalue weighted by atomic mass is 16.3. The van der Waals surface area contributed by atoms with Crippen LogP contribution >= 0.6 is 0 Å². The second-order valence-electron chi connectivity index (χ2n) is 24.5. The summed E-state index contributed by atoms with van der Waals surface area (Å²) in [6.45, 7) is 47.0. The highest BCUT2D eigenvalue weighted by Gasteiger charge is 2.52. The SMILES string of the molecule is CC(C)(C)c1cc(C2(C)CC(C)(c3cc(C(C)(C)C)c(O)c(C(C)(C)C)c3)CC(C)(c3cc(C(C)(C)C)c(O)c(C(C)(C)C)c3)C2)cc(C(C)(C)C)c1O. The fourth-order valence-corrected chi connectivity index (χ4v) is 9.76. The zero-order chi connectivity index (χ0) is 41.8. The third-order valence-electron chi connectivity index (χ3n) is 12.6. The van der Waals surface area contributed by atoms with Gasteiger partial charge in [0.15, 0.2) is 0 Å². The van der Waals surface area contributed by atoms with Gasteiger partial charge < -0.3 is 15.3 Å². The molecule has 0 saturated heterocycles. The first-order chi connectivity index (χ1) is 23.9. The minimum atomic E-state index is -0.293. The Morgan fingerprint density at radius 3 is 0.556 bits per heavy atom. The molecule has 0 radical (unpaired) electrons. The molecule has 3 aromatic rings. The molecule has 0 spiro atoms. The van der Waals surface area contributed by atoms with E-state index < -0.39 is 0 Å². The molecule has 0 atom stereocenters. The molecule has 300 valence electrons. The lowest BCUT2D eigenvalue weighted by atomic mass is 9.49. The van der Waals surface area contributed by atoms with Crippen LogP contribution in [-0.4, -0.2) is 15.3 Å². The van der Waals surface area contributed by atoms with E-state index in [1.54, 1.807) is 0 Å². The molecule has 54 heavy (non-hydrogen) atoms. The molecule has 1 aliphatic carbocycles. The molecule has 3 aromatic carbocycles. The number of rotatable bonds is 3. The number of phenolic OH excluding ortho intramolecular Hbond substituents is 3. The molecule has 3 N–H and O–H groups in total. The molecule has 0 heterocycles. The van der Waals surface area contributed by atoms with Gasteiger partial charge >= 0.3 is 0 Å². The third kappa shape index (κ3) is 8.27. The van der Waals surface area contributed by atoms with E-state index in [0.717, 1.165) is 52.6 Å². The van der Waals surface area contributed by atoms with Gasteiger partial charge in [0.2, 0.25) is 0 Å². The maximum absolute atomic E-state index is 11.9. The molecule has 0 bridgehead atoms. The highest BCUT2D eigenvalue weighted by Crippen LogP contribution is 2.60. The summed E-state index contributed by atoms with van der Waals surface area (Å²) < 4.78 is 0. The van der Waals surface area contributed by atoms with Crippen molar-refractivity contribution in [3.8, 4) is 17.2 Å². The van der Waals surface area contributed by atoms with Crippen LogP contribution in [-0.2, 0) is 48.7 Å². The molecule has 3 nitrogen and oxygen atoms in total. The number of aromatic hydroxyl groups is 3.